The highest BCUT2D eigenvalue weighted by atomic mass is 35.5. The van der Waals surface area contributed by atoms with Crippen LogP contribution in [0.3, 0.4) is 0 Å². The van der Waals surface area contributed by atoms with Crippen molar-refractivity contribution in [3.05, 3.63) is 93.6 Å². The number of hydrogen-bond acceptors (Lipinski definition) is 3. The van der Waals surface area contributed by atoms with Crippen molar-refractivity contribution in [3.8, 4) is 23.8 Å². The number of unbranched alkanes of at least 4 members (excludes halogenated alkanes) is 1. The summed E-state index contributed by atoms with van der Waals surface area (Å²) >= 11 is 12.3. The topological polar surface area (TPSA) is 54.6 Å². The summed E-state index contributed by atoms with van der Waals surface area (Å²) < 4.78 is 11.5. The number of fused-ring (bicyclic) bond motifs is 3. The lowest BCUT2D eigenvalue weighted by molar-refractivity contribution is 0.135. The Kier molecular flexibility index (Phi) is 7.09. The van der Waals surface area contributed by atoms with Gasteiger partial charge < -0.3 is 14.5 Å². The Bertz CT molecular complexity index is 1420. The van der Waals surface area contributed by atoms with E-state index in [-0.39, 0.29) is 6.04 Å². The van der Waals surface area contributed by atoms with E-state index in [4.69, 9.17) is 39.1 Å². The second-order valence-corrected chi connectivity index (χ2v) is 9.47. The number of carbonyl (C=O) groups is 1. The Morgan fingerprint density at radius 1 is 1.03 bits per heavy atom. The van der Waals surface area contributed by atoms with E-state index in [1.165, 1.54) is 0 Å². The van der Waals surface area contributed by atoms with Gasteiger partial charge in [0.05, 0.1) is 6.61 Å². The summed E-state index contributed by atoms with van der Waals surface area (Å²) in [7, 11) is 0. The molecule has 3 aromatic carbocycles. The molecule has 1 N–H and O–H groups in total. The lowest BCUT2D eigenvalue weighted by Gasteiger charge is -2.35. The number of terminal acetylenes is 1. The van der Waals surface area contributed by atoms with E-state index < -0.39 is 6.09 Å². The molecule has 0 aliphatic carbocycles. The van der Waals surface area contributed by atoms with Crippen molar-refractivity contribution in [3.63, 3.8) is 0 Å². The third-order valence-corrected chi connectivity index (χ3v) is 6.76. The summed E-state index contributed by atoms with van der Waals surface area (Å²) in [6.07, 6.45) is 7.04. The number of rotatable bonds is 6. The summed E-state index contributed by atoms with van der Waals surface area (Å²) in [6.45, 7) is 1.05. The number of aromatic amines is 1. The second kappa shape index (κ2) is 10.6. The van der Waals surface area contributed by atoms with Crippen molar-refractivity contribution >= 4 is 40.2 Å². The van der Waals surface area contributed by atoms with Crippen molar-refractivity contribution < 1.29 is 14.3 Å². The van der Waals surface area contributed by atoms with Gasteiger partial charge in [0.1, 0.15) is 17.5 Å². The zero-order valence-corrected chi connectivity index (χ0v) is 21.0. The fraction of sp³-hybridized carbons (Fsp3) is 0.207. The molecule has 182 valence electrons. The van der Waals surface area contributed by atoms with Crippen LogP contribution < -0.4 is 9.47 Å². The molecule has 0 fully saturated rings. The number of benzene rings is 3. The highest BCUT2D eigenvalue weighted by molar-refractivity contribution is 6.31. The molecule has 0 spiro atoms. The summed E-state index contributed by atoms with van der Waals surface area (Å²) in [5, 5.41) is 2.33. The molecule has 2 heterocycles. The van der Waals surface area contributed by atoms with Crippen LogP contribution in [-0.2, 0) is 6.42 Å². The van der Waals surface area contributed by atoms with Gasteiger partial charge >= 0.3 is 6.09 Å². The Morgan fingerprint density at radius 3 is 2.50 bits per heavy atom. The third-order valence-electron chi connectivity index (χ3n) is 6.27. The van der Waals surface area contributed by atoms with Crippen LogP contribution in [0.15, 0.2) is 66.7 Å². The minimum absolute atomic E-state index is 0.366. The summed E-state index contributed by atoms with van der Waals surface area (Å²) in [6, 6.07) is 20.0. The van der Waals surface area contributed by atoms with Gasteiger partial charge in [-0.15, -0.1) is 12.3 Å². The van der Waals surface area contributed by atoms with Gasteiger partial charge in [0.25, 0.3) is 0 Å². The molecule has 1 amide bonds. The fourth-order valence-electron chi connectivity index (χ4n) is 4.58. The molecule has 0 bridgehead atoms. The van der Waals surface area contributed by atoms with Crippen LogP contribution in [0.1, 0.15) is 35.7 Å². The van der Waals surface area contributed by atoms with Crippen LogP contribution >= 0.6 is 23.2 Å². The lowest BCUT2D eigenvalue weighted by atomic mass is 9.92. The quantitative estimate of drug-likeness (QED) is 0.213. The first-order valence-corrected chi connectivity index (χ1v) is 12.5. The molecular formula is C29H24Cl2N2O3. The molecule has 1 aliphatic rings. The Labute approximate surface area is 219 Å². The SMILES string of the molecule is C#CCCCOc1ccc(C2c3[nH]c4ccc(Cl)cc4c3CCN2C(=O)Oc2ccc(Cl)cc2)cc1. The Morgan fingerprint density at radius 2 is 1.75 bits per heavy atom. The van der Waals surface area contributed by atoms with E-state index in [2.05, 4.69) is 10.9 Å². The van der Waals surface area contributed by atoms with Crippen molar-refractivity contribution in [2.75, 3.05) is 13.2 Å². The highest BCUT2D eigenvalue weighted by Gasteiger charge is 2.35. The zero-order chi connectivity index (χ0) is 25.1. The number of carbonyl (C=O) groups excluding carboxylic acids is 1. The molecule has 1 aliphatic heterocycles. The van der Waals surface area contributed by atoms with E-state index in [9.17, 15) is 4.79 Å². The van der Waals surface area contributed by atoms with E-state index in [1.54, 1.807) is 29.2 Å². The van der Waals surface area contributed by atoms with E-state index in [0.29, 0.717) is 41.8 Å². The number of hydrogen-bond donors (Lipinski definition) is 1. The van der Waals surface area contributed by atoms with E-state index in [0.717, 1.165) is 39.9 Å². The number of H-pyrrole nitrogens is 1. The maximum Gasteiger partial charge on any atom is 0.416 e. The lowest BCUT2D eigenvalue weighted by Crippen LogP contribution is -2.42. The van der Waals surface area contributed by atoms with Crippen LogP contribution in [0, 0.1) is 12.3 Å². The van der Waals surface area contributed by atoms with E-state index >= 15 is 0 Å². The molecule has 0 radical (unpaired) electrons. The van der Waals surface area contributed by atoms with Crippen LogP contribution in [-0.4, -0.2) is 29.1 Å². The van der Waals surface area contributed by atoms with Gasteiger partial charge in [-0.05, 0) is 78.6 Å². The van der Waals surface area contributed by atoms with Gasteiger partial charge in [-0.3, -0.25) is 4.90 Å². The minimum Gasteiger partial charge on any atom is -0.494 e. The first kappa shape index (κ1) is 24.1. The molecule has 36 heavy (non-hydrogen) atoms. The summed E-state index contributed by atoms with van der Waals surface area (Å²) in [5.41, 5.74) is 4.03. The predicted octanol–water partition coefficient (Wildman–Crippen LogP) is 7.41. The van der Waals surface area contributed by atoms with Crippen LogP contribution in [0.25, 0.3) is 10.9 Å². The molecule has 7 heteroatoms. The van der Waals surface area contributed by atoms with Crippen molar-refractivity contribution in [2.24, 2.45) is 0 Å². The number of nitrogens with one attached hydrogen (secondary N) is 1. The maximum atomic E-state index is 13.4. The number of halogens is 2. The molecule has 1 aromatic heterocycles. The Hall–Kier alpha value is -3.59. The number of aromatic nitrogens is 1. The van der Waals surface area contributed by atoms with Gasteiger partial charge in [-0.25, -0.2) is 4.79 Å². The fourth-order valence-corrected chi connectivity index (χ4v) is 4.87. The normalized spacial score (nSPS) is 14.8. The Balaban J connectivity index is 1.48. The van der Waals surface area contributed by atoms with Gasteiger partial charge in [-0.1, -0.05) is 35.3 Å². The highest BCUT2D eigenvalue weighted by Crippen LogP contribution is 2.40. The zero-order valence-electron chi connectivity index (χ0n) is 19.5. The molecule has 5 nitrogen and oxygen atoms in total. The van der Waals surface area contributed by atoms with Gasteiger partial charge in [-0.2, -0.15) is 0 Å². The smallest absolute Gasteiger partial charge is 0.416 e. The van der Waals surface area contributed by atoms with E-state index in [1.807, 2.05) is 42.5 Å². The third kappa shape index (κ3) is 5.02. The second-order valence-electron chi connectivity index (χ2n) is 8.60. The molecule has 0 saturated heterocycles. The number of ether oxygens (including phenoxy) is 2. The van der Waals surface area contributed by atoms with Crippen molar-refractivity contribution in [1.82, 2.24) is 9.88 Å². The van der Waals surface area contributed by atoms with Crippen molar-refractivity contribution in [2.45, 2.75) is 25.3 Å². The van der Waals surface area contributed by atoms with Gasteiger partial charge in [0.2, 0.25) is 0 Å². The number of nitrogens with zero attached hydrogens (tertiary/aromatic N) is 1. The van der Waals surface area contributed by atoms with Gasteiger partial charge in [0, 0.05) is 39.6 Å². The first-order valence-electron chi connectivity index (χ1n) is 11.7. The van der Waals surface area contributed by atoms with Crippen LogP contribution in [0.4, 0.5) is 4.79 Å². The summed E-state index contributed by atoms with van der Waals surface area (Å²) in [5.74, 6) is 3.81. The molecule has 5 rings (SSSR count). The maximum absolute atomic E-state index is 13.4. The summed E-state index contributed by atoms with van der Waals surface area (Å²) in [4.78, 5) is 18.7. The van der Waals surface area contributed by atoms with Gasteiger partial charge in [0.15, 0.2) is 0 Å². The average Bonchev–Trinajstić information content (AvgIpc) is 3.25. The monoisotopic (exact) mass is 518 g/mol. The predicted molar refractivity (Wildman–Crippen MR) is 143 cm³/mol. The van der Waals surface area contributed by atoms with Crippen LogP contribution in [0.5, 0.6) is 11.5 Å². The molecule has 1 atom stereocenters. The molecule has 4 aromatic rings. The van der Waals surface area contributed by atoms with Crippen LogP contribution in [0.2, 0.25) is 10.0 Å². The average molecular weight is 519 g/mol. The molecule has 0 saturated carbocycles. The molecular weight excluding hydrogens is 495 g/mol. The molecule has 1 unspecified atom stereocenters. The largest absolute Gasteiger partial charge is 0.494 e. The first-order chi connectivity index (χ1) is 17.5. The minimum atomic E-state index is -0.431. The van der Waals surface area contributed by atoms with Crippen molar-refractivity contribution in [1.29, 1.82) is 0 Å². The standard InChI is InChI=1S/C29H24Cl2N2O3/c1-2-3-4-17-35-22-10-5-19(6-11-22)28-27-24(25-18-21(31)9-14-26(25)32-27)15-16-33(28)29(34)36-23-12-7-20(30)8-13-23/h1,5-14,18,28,32H,3-4,15-17H2. The number of amides is 1.